The van der Waals surface area contributed by atoms with Crippen molar-refractivity contribution in [3.8, 4) is 0 Å². The Kier molecular flexibility index (Phi) is 7.35. The molecule has 1 atom stereocenters. The average Bonchev–Trinajstić information content (AvgIpc) is 2.77. The van der Waals surface area contributed by atoms with Crippen LogP contribution in [0.5, 0.6) is 0 Å². The minimum Gasteiger partial charge on any atom is -0.342 e. The van der Waals surface area contributed by atoms with Crippen LogP contribution in [-0.2, 0) is 17.8 Å². The van der Waals surface area contributed by atoms with E-state index in [1.165, 1.54) is 5.56 Å². The van der Waals surface area contributed by atoms with Crippen LogP contribution in [0, 0.1) is 11.8 Å². The van der Waals surface area contributed by atoms with Crippen molar-refractivity contribution in [3.05, 3.63) is 69.7 Å². The molecule has 160 valence electrons. The fourth-order valence-electron chi connectivity index (χ4n) is 4.85. The summed E-state index contributed by atoms with van der Waals surface area (Å²) in [4.78, 5) is 17.7. The van der Waals surface area contributed by atoms with Crippen LogP contribution in [0.1, 0.15) is 36.8 Å². The van der Waals surface area contributed by atoms with Crippen LogP contribution in [-0.4, -0.2) is 41.9 Å². The summed E-state index contributed by atoms with van der Waals surface area (Å²) in [6, 6.07) is 16.4. The van der Waals surface area contributed by atoms with E-state index in [0.29, 0.717) is 21.9 Å². The Morgan fingerprint density at radius 2 is 1.73 bits per heavy atom. The van der Waals surface area contributed by atoms with Crippen molar-refractivity contribution >= 4 is 29.1 Å². The number of likely N-dealkylation sites (tertiary alicyclic amines) is 2. The molecular formula is C25H30Cl2N2O. The van der Waals surface area contributed by atoms with E-state index < -0.39 is 0 Å². The van der Waals surface area contributed by atoms with E-state index in [1.807, 2.05) is 12.1 Å². The van der Waals surface area contributed by atoms with Crippen LogP contribution in [0.4, 0.5) is 0 Å². The van der Waals surface area contributed by atoms with Gasteiger partial charge >= 0.3 is 0 Å². The molecule has 1 amide bonds. The summed E-state index contributed by atoms with van der Waals surface area (Å²) in [6.45, 7) is 4.41. The number of hydrogen-bond donors (Lipinski definition) is 0. The molecule has 0 saturated carbocycles. The summed E-state index contributed by atoms with van der Waals surface area (Å²) in [5, 5.41) is 1.36. The molecule has 2 aliphatic heterocycles. The summed E-state index contributed by atoms with van der Waals surface area (Å²) in [5.41, 5.74) is 2.49. The highest BCUT2D eigenvalue weighted by atomic mass is 35.5. The summed E-state index contributed by atoms with van der Waals surface area (Å²) in [5.74, 6) is 1.14. The minimum atomic E-state index is 0.107. The molecular weight excluding hydrogens is 415 g/mol. The second-order valence-electron chi connectivity index (χ2n) is 8.77. The fraction of sp³-hybridized carbons (Fsp3) is 0.480. The lowest BCUT2D eigenvalue weighted by Gasteiger charge is -2.38. The molecule has 0 N–H and O–H groups in total. The lowest BCUT2D eigenvalue weighted by Crippen LogP contribution is -2.47. The Labute approximate surface area is 190 Å². The van der Waals surface area contributed by atoms with E-state index in [-0.39, 0.29) is 5.92 Å². The average molecular weight is 445 g/mol. The van der Waals surface area contributed by atoms with Gasteiger partial charge < -0.3 is 4.90 Å². The molecule has 0 aliphatic carbocycles. The molecule has 2 saturated heterocycles. The molecule has 0 spiro atoms. The highest BCUT2D eigenvalue weighted by Crippen LogP contribution is 2.27. The zero-order valence-corrected chi connectivity index (χ0v) is 18.9. The summed E-state index contributed by atoms with van der Waals surface area (Å²) < 4.78 is 0. The van der Waals surface area contributed by atoms with Crippen LogP contribution < -0.4 is 0 Å². The number of benzene rings is 2. The SMILES string of the molecule is O=C([C@@H]1CCCN(Cc2ccc(Cl)cc2Cl)C1)N1CCC(Cc2ccccc2)CC1. The van der Waals surface area contributed by atoms with E-state index in [0.717, 1.165) is 70.4 Å². The number of nitrogens with zero attached hydrogens (tertiary/aromatic N) is 2. The molecule has 0 aromatic heterocycles. The molecule has 30 heavy (non-hydrogen) atoms. The van der Waals surface area contributed by atoms with Gasteiger partial charge in [-0.1, -0.05) is 59.6 Å². The van der Waals surface area contributed by atoms with Crippen molar-refractivity contribution in [1.82, 2.24) is 9.80 Å². The molecule has 3 nitrogen and oxygen atoms in total. The van der Waals surface area contributed by atoms with E-state index in [4.69, 9.17) is 23.2 Å². The first-order valence-electron chi connectivity index (χ1n) is 11.1. The van der Waals surface area contributed by atoms with E-state index in [2.05, 4.69) is 40.1 Å². The predicted octanol–water partition coefficient (Wildman–Crippen LogP) is 5.69. The van der Waals surface area contributed by atoms with Crippen molar-refractivity contribution in [2.45, 2.75) is 38.6 Å². The third kappa shape index (κ3) is 5.57. The minimum absolute atomic E-state index is 0.107. The van der Waals surface area contributed by atoms with Gasteiger partial charge in [-0.3, -0.25) is 9.69 Å². The third-order valence-corrected chi connectivity index (χ3v) is 7.14. The van der Waals surface area contributed by atoms with Crippen LogP contribution >= 0.6 is 23.2 Å². The van der Waals surface area contributed by atoms with Gasteiger partial charge in [0, 0.05) is 36.2 Å². The summed E-state index contributed by atoms with van der Waals surface area (Å²) in [6.07, 6.45) is 5.40. The lowest BCUT2D eigenvalue weighted by atomic mass is 9.89. The normalized spacial score (nSPS) is 21.0. The second-order valence-corrected chi connectivity index (χ2v) is 9.61. The molecule has 0 bridgehead atoms. The van der Waals surface area contributed by atoms with Crippen LogP contribution in [0.25, 0.3) is 0 Å². The largest absolute Gasteiger partial charge is 0.342 e. The third-order valence-electron chi connectivity index (χ3n) is 6.56. The van der Waals surface area contributed by atoms with E-state index in [9.17, 15) is 4.79 Å². The molecule has 2 aromatic rings. The monoisotopic (exact) mass is 444 g/mol. The van der Waals surface area contributed by atoms with Crippen LogP contribution in [0.15, 0.2) is 48.5 Å². The molecule has 4 rings (SSSR count). The zero-order chi connectivity index (χ0) is 20.9. The van der Waals surface area contributed by atoms with Crippen molar-refractivity contribution in [3.63, 3.8) is 0 Å². The number of carbonyl (C=O) groups excluding carboxylic acids is 1. The van der Waals surface area contributed by atoms with Gasteiger partial charge in [-0.25, -0.2) is 0 Å². The quantitative estimate of drug-likeness (QED) is 0.591. The maximum atomic E-state index is 13.2. The first-order chi connectivity index (χ1) is 14.6. The van der Waals surface area contributed by atoms with Crippen molar-refractivity contribution in [1.29, 1.82) is 0 Å². The number of halogens is 2. The smallest absolute Gasteiger partial charge is 0.226 e. The zero-order valence-electron chi connectivity index (χ0n) is 17.4. The van der Waals surface area contributed by atoms with Crippen LogP contribution in [0.3, 0.4) is 0 Å². The lowest BCUT2D eigenvalue weighted by molar-refractivity contribution is -0.138. The number of piperidine rings is 2. The Morgan fingerprint density at radius 1 is 0.967 bits per heavy atom. The Bertz CT molecular complexity index is 849. The first-order valence-corrected chi connectivity index (χ1v) is 11.8. The molecule has 5 heteroatoms. The number of amides is 1. The highest BCUT2D eigenvalue weighted by Gasteiger charge is 2.31. The summed E-state index contributed by atoms with van der Waals surface area (Å²) in [7, 11) is 0. The van der Waals surface area contributed by atoms with Gasteiger partial charge in [-0.05, 0) is 67.8 Å². The predicted molar refractivity (Wildman–Crippen MR) is 124 cm³/mol. The van der Waals surface area contributed by atoms with Gasteiger partial charge in [0.15, 0.2) is 0 Å². The molecule has 2 aromatic carbocycles. The van der Waals surface area contributed by atoms with Gasteiger partial charge in [0.05, 0.1) is 5.92 Å². The van der Waals surface area contributed by atoms with Gasteiger partial charge in [-0.2, -0.15) is 0 Å². The molecule has 0 unspecified atom stereocenters. The van der Waals surface area contributed by atoms with Gasteiger partial charge in [-0.15, -0.1) is 0 Å². The second kappa shape index (κ2) is 10.2. The van der Waals surface area contributed by atoms with Crippen LogP contribution in [0.2, 0.25) is 10.0 Å². The molecule has 2 fully saturated rings. The van der Waals surface area contributed by atoms with Gasteiger partial charge in [0.1, 0.15) is 0 Å². The molecule has 2 aliphatic rings. The van der Waals surface area contributed by atoms with Crippen molar-refractivity contribution in [2.24, 2.45) is 11.8 Å². The van der Waals surface area contributed by atoms with E-state index >= 15 is 0 Å². The van der Waals surface area contributed by atoms with E-state index in [1.54, 1.807) is 6.07 Å². The molecule has 2 heterocycles. The fourth-order valence-corrected chi connectivity index (χ4v) is 5.32. The summed E-state index contributed by atoms with van der Waals surface area (Å²) >= 11 is 12.4. The van der Waals surface area contributed by atoms with Gasteiger partial charge in [0.2, 0.25) is 5.91 Å². The standard InChI is InChI=1S/C25H30Cl2N2O/c26-23-9-8-21(24(27)16-23)17-28-12-4-7-22(18-28)25(30)29-13-10-20(11-14-29)15-19-5-2-1-3-6-19/h1-3,5-6,8-9,16,20,22H,4,7,10-15,17-18H2/t22-/m1/s1. The van der Waals surface area contributed by atoms with Crippen molar-refractivity contribution in [2.75, 3.05) is 26.2 Å². The Balaban J connectivity index is 1.28. The Hall–Kier alpha value is -1.55. The maximum absolute atomic E-state index is 13.2. The van der Waals surface area contributed by atoms with Crippen molar-refractivity contribution < 1.29 is 4.79 Å². The Morgan fingerprint density at radius 3 is 2.47 bits per heavy atom. The topological polar surface area (TPSA) is 23.6 Å². The molecule has 0 radical (unpaired) electrons. The number of carbonyl (C=O) groups is 1. The van der Waals surface area contributed by atoms with Gasteiger partial charge in [0.25, 0.3) is 0 Å². The number of rotatable bonds is 5. The maximum Gasteiger partial charge on any atom is 0.226 e. The number of hydrogen-bond acceptors (Lipinski definition) is 2. The highest BCUT2D eigenvalue weighted by molar-refractivity contribution is 6.35. The first kappa shape index (κ1) is 21.7.